The van der Waals surface area contributed by atoms with Crippen molar-refractivity contribution in [3.8, 4) is 0 Å². The van der Waals surface area contributed by atoms with Crippen molar-refractivity contribution >= 4 is 0 Å². The van der Waals surface area contributed by atoms with Crippen LogP contribution in [-0.4, -0.2) is 36.6 Å². The van der Waals surface area contributed by atoms with Crippen LogP contribution in [0.2, 0.25) is 0 Å². The minimum Gasteiger partial charge on any atom is -0.870 e. The van der Waals surface area contributed by atoms with Crippen molar-refractivity contribution in [3.63, 3.8) is 0 Å². The van der Waals surface area contributed by atoms with Gasteiger partial charge >= 0.3 is 0 Å². The van der Waals surface area contributed by atoms with Gasteiger partial charge in [-0.15, -0.1) is 0 Å². The predicted molar refractivity (Wildman–Crippen MR) is 206 cm³/mol. The smallest absolute Gasteiger partial charge is 0.0784 e. The summed E-state index contributed by atoms with van der Waals surface area (Å²) >= 11 is 0. The van der Waals surface area contributed by atoms with Gasteiger partial charge in [0.1, 0.15) is 0 Å². The maximum atomic E-state index is 2.62. The Hall–Kier alpha value is -0.0800. The standard InChI is InChI=1S/C43H90N.H2O/c1-5-8-11-14-17-20-23-26-29-32-35-38-41-44(4,42-39-36-33-30-27-24-21-18-15-12-9-6-2)43-40-37-34-31-28-25-22-19-16-13-10-7-3;/h5-43H2,1-4H3;1H2/q+1;/p-1. The molecule has 0 radical (unpaired) electrons. The second kappa shape index (κ2) is 40.1. The summed E-state index contributed by atoms with van der Waals surface area (Å²) in [6, 6.07) is 0. The molecular formula is C43H91NO. The van der Waals surface area contributed by atoms with Gasteiger partial charge in [0.05, 0.1) is 26.7 Å². The number of nitrogens with zero attached hydrogens (tertiary/aromatic N) is 1. The second-order valence-corrected chi connectivity index (χ2v) is 15.5. The molecule has 0 spiro atoms. The molecule has 0 amide bonds. The lowest BCUT2D eigenvalue weighted by Gasteiger charge is -2.35. The van der Waals surface area contributed by atoms with Crippen LogP contribution in [0.3, 0.4) is 0 Å². The Morgan fingerprint density at radius 3 is 0.511 bits per heavy atom. The fourth-order valence-electron chi connectivity index (χ4n) is 7.34. The Morgan fingerprint density at radius 1 is 0.222 bits per heavy atom. The van der Waals surface area contributed by atoms with E-state index in [4.69, 9.17) is 0 Å². The molecule has 0 rings (SSSR count). The van der Waals surface area contributed by atoms with Gasteiger partial charge in [-0.25, -0.2) is 0 Å². The molecule has 0 fully saturated rings. The van der Waals surface area contributed by atoms with Crippen LogP contribution in [0, 0.1) is 0 Å². The molecule has 0 unspecified atom stereocenters. The molecular weight excluding hydrogens is 546 g/mol. The van der Waals surface area contributed by atoms with E-state index in [2.05, 4.69) is 27.8 Å². The summed E-state index contributed by atoms with van der Waals surface area (Å²) in [5.41, 5.74) is 0. The molecule has 1 N–H and O–H groups in total. The SMILES string of the molecule is CCCCCCCCCCCCCC[N+](C)(CCCCCCCCCCCCCC)CCCCCCCCCCCCCC.[OH-]. The molecule has 0 saturated heterocycles. The zero-order valence-corrected chi connectivity index (χ0v) is 32.5. The minimum absolute atomic E-state index is 0. The van der Waals surface area contributed by atoms with Crippen LogP contribution in [0.25, 0.3) is 0 Å². The third-order valence-corrected chi connectivity index (χ3v) is 10.7. The first-order valence-electron chi connectivity index (χ1n) is 21.5. The molecule has 0 aromatic heterocycles. The molecule has 0 heterocycles. The molecule has 0 aliphatic rings. The monoisotopic (exact) mass is 638 g/mol. The van der Waals surface area contributed by atoms with E-state index in [0.29, 0.717) is 0 Å². The van der Waals surface area contributed by atoms with E-state index in [0.717, 1.165) is 0 Å². The first-order valence-corrected chi connectivity index (χ1v) is 21.5. The molecule has 2 heteroatoms. The van der Waals surface area contributed by atoms with E-state index in [1.54, 1.807) is 0 Å². The number of hydrogen-bond donors (Lipinski definition) is 0. The Kier molecular flexibility index (Phi) is 41.9. The average Bonchev–Trinajstić information content (AvgIpc) is 3.02. The molecule has 0 aromatic carbocycles. The van der Waals surface area contributed by atoms with E-state index < -0.39 is 0 Å². The van der Waals surface area contributed by atoms with Crippen molar-refractivity contribution in [1.29, 1.82) is 0 Å². The molecule has 274 valence electrons. The van der Waals surface area contributed by atoms with Gasteiger partial charge < -0.3 is 9.96 Å². The second-order valence-electron chi connectivity index (χ2n) is 15.5. The van der Waals surface area contributed by atoms with Crippen LogP contribution >= 0.6 is 0 Å². The summed E-state index contributed by atoms with van der Waals surface area (Å²) in [5.74, 6) is 0. The first-order chi connectivity index (χ1) is 21.7. The topological polar surface area (TPSA) is 30.0 Å². The minimum atomic E-state index is 0. The lowest BCUT2D eigenvalue weighted by molar-refractivity contribution is -0.910. The molecule has 2 nitrogen and oxygen atoms in total. The van der Waals surface area contributed by atoms with Crippen molar-refractivity contribution < 1.29 is 9.96 Å². The maximum absolute atomic E-state index is 2.62. The van der Waals surface area contributed by atoms with Crippen molar-refractivity contribution in [3.05, 3.63) is 0 Å². The van der Waals surface area contributed by atoms with Crippen LogP contribution in [0.4, 0.5) is 0 Å². The van der Waals surface area contributed by atoms with Crippen LogP contribution in [0.1, 0.15) is 252 Å². The van der Waals surface area contributed by atoms with Gasteiger partial charge in [-0.1, -0.05) is 213 Å². The summed E-state index contributed by atoms with van der Waals surface area (Å²) in [6.07, 6.45) is 52.7. The Bertz CT molecular complexity index is 437. The average molecular weight is 638 g/mol. The highest BCUT2D eigenvalue weighted by molar-refractivity contribution is 4.54. The Morgan fingerprint density at radius 2 is 0.356 bits per heavy atom. The summed E-state index contributed by atoms with van der Waals surface area (Å²) in [4.78, 5) is 0. The molecule has 0 aromatic rings. The van der Waals surface area contributed by atoms with E-state index in [1.165, 1.54) is 255 Å². The van der Waals surface area contributed by atoms with Gasteiger partial charge in [0, 0.05) is 0 Å². The van der Waals surface area contributed by atoms with Gasteiger partial charge in [-0.2, -0.15) is 0 Å². The largest absolute Gasteiger partial charge is 0.870 e. The van der Waals surface area contributed by atoms with Gasteiger partial charge in [-0.3, -0.25) is 0 Å². The molecule has 0 aliphatic carbocycles. The lowest BCUT2D eigenvalue weighted by Crippen LogP contribution is -2.46. The van der Waals surface area contributed by atoms with Crippen molar-refractivity contribution in [2.45, 2.75) is 252 Å². The third-order valence-electron chi connectivity index (χ3n) is 10.7. The Balaban J connectivity index is 0. The quantitative estimate of drug-likeness (QED) is 0.0487. The normalized spacial score (nSPS) is 11.7. The van der Waals surface area contributed by atoms with Crippen LogP contribution in [-0.2, 0) is 0 Å². The summed E-state index contributed by atoms with van der Waals surface area (Å²) in [5, 5.41) is 0. The van der Waals surface area contributed by atoms with Crippen molar-refractivity contribution in [2.24, 2.45) is 0 Å². The van der Waals surface area contributed by atoms with Gasteiger partial charge in [0.15, 0.2) is 0 Å². The number of unbranched alkanes of at least 4 members (excludes halogenated alkanes) is 33. The highest BCUT2D eigenvalue weighted by atomic mass is 16.0. The van der Waals surface area contributed by atoms with Crippen LogP contribution in [0.15, 0.2) is 0 Å². The molecule has 0 atom stereocenters. The van der Waals surface area contributed by atoms with Gasteiger partial charge in [0.25, 0.3) is 0 Å². The van der Waals surface area contributed by atoms with E-state index >= 15 is 0 Å². The number of hydrogen-bond acceptors (Lipinski definition) is 1. The first kappa shape index (κ1) is 47.0. The predicted octanol–water partition coefficient (Wildman–Crippen LogP) is 15.4. The third kappa shape index (κ3) is 38.2. The van der Waals surface area contributed by atoms with Crippen LogP contribution < -0.4 is 0 Å². The van der Waals surface area contributed by atoms with Gasteiger partial charge in [-0.05, 0) is 38.5 Å². The zero-order valence-electron chi connectivity index (χ0n) is 32.5. The molecule has 0 aliphatic heterocycles. The van der Waals surface area contributed by atoms with Crippen molar-refractivity contribution in [2.75, 3.05) is 26.7 Å². The molecule has 0 bridgehead atoms. The maximum Gasteiger partial charge on any atom is 0.0784 e. The molecule has 0 saturated carbocycles. The summed E-state index contributed by atoms with van der Waals surface area (Å²) < 4.78 is 1.37. The lowest BCUT2D eigenvalue weighted by atomic mass is 10.0. The molecule has 45 heavy (non-hydrogen) atoms. The highest BCUT2D eigenvalue weighted by Gasteiger charge is 2.20. The Labute approximate surface area is 288 Å². The zero-order chi connectivity index (χ0) is 32.1. The summed E-state index contributed by atoms with van der Waals surface area (Å²) in [6.45, 7) is 11.3. The van der Waals surface area contributed by atoms with Crippen molar-refractivity contribution in [1.82, 2.24) is 0 Å². The van der Waals surface area contributed by atoms with Gasteiger partial charge in [0.2, 0.25) is 0 Å². The number of quaternary nitrogens is 1. The van der Waals surface area contributed by atoms with Crippen LogP contribution in [0.5, 0.6) is 0 Å². The summed E-state index contributed by atoms with van der Waals surface area (Å²) in [7, 11) is 2.62. The fraction of sp³-hybridized carbons (Fsp3) is 1.00. The fourth-order valence-corrected chi connectivity index (χ4v) is 7.34. The van der Waals surface area contributed by atoms with E-state index in [1.807, 2.05) is 0 Å². The number of rotatable bonds is 39. The van der Waals surface area contributed by atoms with E-state index in [-0.39, 0.29) is 5.48 Å². The highest BCUT2D eigenvalue weighted by Crippen LogP contribution is 2.18. The van der Waals surface area contributed by atoms with E-state index in [9.17, 15) is 0 Å².